The monoisotopic (exact) mass is 530 g/mol. The maximum absolute atomic E-state index is 13.4. The summed E-state index contributed by atoms with van der Waals surface area (Å²) >= 11 is 6.89. The Bertz CT molecular complexity index is 1170. The minimum Gasteiger partial charge on any atom is -0.487 e. The van der Waals surface area contributed by atoms with Gasteiger partial charge in [-0.05, 0) is 69.5 Å². The Morgan fingerprint density at radius 2 is 1.90 bits per heavy atom. The molecular formula is C22H13Br2FN2O3. The molecular weight excluding hydrogens is 519 g/mol. The molecule has 0 aliphatic carbocycles. The highest BCUT2D eigenvalue weighted by atomic mass is 79.9. The molecule has 0 heterocycles. The van der Waals surface area contributed by atoms with Crippen molar-refractivity contribution in [1.29, 1.82) is 5.26 Å². The second kappa shape index (κ2) is 9.65. The number of nitriles is 1. The number of non-ortho nitro benzene ring substituents is 1. The first kappa shape index (κ1) is 21.7. The molecule has 3 aromatic carbocycles. The first-order valence-corrected chi connectivity index (χ1v) is 10.2. The number of nitro benzene ring substituents is 1. The highest BCUT2D eigenvalue weighted by molar-refractivity contribution is 9.11. The Kier molecular flexibility index (Phi) is 6.98. The number of halogens is 3. The maximum atomic E-state index is 13.4. The van der Waals surface area contributed by atoms with E-state index in [4.69, 9.17) is 4.74 Å². The number of hydrogen-bond donors (Lipinski definition) is 0. The molecule has 0 spiro atoms. The maximum Gasteiger partial charge on any atom is 0.269 e. The SMILES string of the molecule is N#C/C(=C\c1cc(Br)cc(Br)c1OCc1cccc(F)c1)c1ccc([N+](=O)[O-])cc1. The van der Waals surface area contributed by atoms with Gasteiger partial charge in [0.05, 0.1) is 21.0 Å². The van der Waals surface area contributed by atoms with Crippen LogP contribution < -0.4 is 4.74 Å². The summed E-state index contributed by atoms with van der Waals surface area (Å²) in [5, 5.41) is 20.5. The van der Waals surface area contributed by atoms with Crippen LogP contribution in [-0.2, 0) is 6.61 Å². The number of benzene rings is 3. The molecule has 3 aromatic rings. The third-order valence-corrected chi connectivity index (χ3v) is 5.17. The van der Waals surface area contributed by atoms with E-state index in [1.165, 1.54) is 36.4 Å². The zero-order chi connectivity index (χ0) is 21.7. The largest absolute Gasteiger partial charge is 0.487 e. The average Bonchev–Trinajstić information content (AvgIpc) is 2.71. The van der Waals surface area contributed by atoms with Crippen molar-refractivity contribution in [2.75, 3.05) is 0 Å². The van der Waals surface area contributed by atoms with Crippen molar-refractivity contribution in [3.63, 3.8) is 0 Å². The molecule has 0 fully saturated rings. The molecule has 0 amide bonds. The van der Waals surface area contributed by atoms with Crippen LogP contribution in [0.2, 0.25) is 0 Å². The predicted molar refractivity (Wildman–Crippen MR) is 119 cm³/mol. The quantitative estimate of drug-likeness (QED) is 0.150. The minimum atomic E-state index is -0.497. The van der Waals surface area contributed by atoms with Crippen molar-refractivity contribution in [3.05, 3.63) is 102 Å². The predicted octanol–water partition coefficient (Wildman–Crippen LogP) is 6.90. The fourth-order valence-corrected chi connectivity index (χ4v) is 4.09. The van der Waals surface area contributed by atoms with Gasteiger partial charge in [-0.2, -0.15) is 5.26 Å². The second-order valence-corrected chi connectivity index (χ2v) is 7.97. The van der Waals surface area contributed by atoms with E-state index in [-0.39, 0.29) is 18.1 Å². The van der Waals surface area contributed by atoms with Gasteiger partial charge in [0, 0.05) is 22.2 Å². The number of allylic oxidation sites excluding steroid dienone is 1. The van der Waals surface area contributed by atoms with Crippen molar-refractivity contribution >= 4 is 49.2 Å². The highest BCUT2D eigenvalue weighted by Crippen LogP contribution is 2.36. The summed E-state index contributed by atoms with van der Waals surface area (Å²) in [5.41, 5.74) is 2.07. The van der Waals surface area contributed by atoms with Gasteiger partial charge in [-0.3, -0.25) is 10.1 Å². The van der Waals surface area contributed by atoms with Gasteiger partial charge in [0.15, 0.2) is 0 Å². The summed E-state index contributed by atoms with van der Waals surface area (Å²) in [6.07, 6.45) is 1.64. The van der Waals surface area contributed by atoms with E-state index in [0.29, 0.717) is 32.5 Å². The van der Waals surface area contributed by atoms with Crippen LogP contribution in [0.15, 0.2) is 69.6 Å². The summed E-state index contributed by atoms with van der Waals surface area (Å²) < 4.78 is 20.8. The first-order valence-electron chi connectivity index (χ1n) is 8.60. The lowest BCUT2D eigenvalue weighted by Gasteiger charge is -2.13. The zero-order valence-electron chi connectivity index (χ0n) is 15.3. The molecule has 150 valence electrons. The fraction of sp³-hybridized carbons (Fsp3) is 0.0455. The van der Waals surface area contributed by atoms with Crippen LogP contribution in [0.4, 0.5) is 10.1 Å². The number of hydrogen-bond acceptors (Lipinski definition) is 4. The molecule has 0 aromatic heterocycles. The Labute approximate surface area is 188 Å². The van der Waals surface area contributed by atoms with Gasteiger partial charge in [-0.15, -0.1) is 0 Å². The second-order valence-electron chi connectivity index (χ2n) is 6.20. The number of nitrogens with zero attached hydrogens (tertiary/aromatic N) is 2. The smallest absolute Gasteiger partial charge is 0.269 e. The standard InChI is InChI=1S/C22H13Br2FN2O3/c23-18-10-16(9-17(12-26)15-4-6-20(7-5-15)27(28)29)22(21(24)11-18)30-13-14-2-1-3-19(25)8-14/h1-11H,13H2/b17-9+. The van der Waals surface area contributed by atoms with Crippen LogP contribution in [0.5, 0.6) is 5.75 Å². The van der Waals surface area contributed by atoms with Crippen LogP contribution in [0.1, 0.15) is 16.7 Å². The lowest BCUT2D eigenvalue weighted by Crippen LogP contribution is -1.99. The van der Waals surface area contributed by atoms with Crippen LogP contribution >= 0.6 is 31.9 Å². The Balaban J connectivity index is 1.97. The van der Waals surface area contributed by atoms with Gasteiger partial charge in [0.25, 0.3) is 5.69 Å². The third-order valence-electron chi connectivity index (χ3n) is 4.12. The summed E-state index contributed by atoms with van der Waals surface area (Å²) in [6.45, 7) is 0.137. The van der Waals surface area contributed by atoms with E-state index < -0.39 is 4.92 Å². The fourth-order valence-electron chi connectivity index (χ4n) is 2.72. The molecule has 0 aliphatic rings. The number of ether oxygens (including phenoxy) is 1. The van der Waals surface area contributed by atoms with E-state index in [9.17, 15) is 19.8 Å². The zero-order valence-corrected chi connectivity index (χ0v) is 18.5. The molecule has 0 unspecified atom stereocenters. The third kappa shape index (κ3) is 5.32. The van der Waals surface area contributed by atoms with E-state index >= 15 is 0 Å². The Morgan fingerprint density at radius 1 is 1.17 bits per heavy atom. The molecule has 0 bridgehead atoms. The van der Waals surface area contributed by atoms with Crippen molar-refractivity contribution in [3.8, 4) is 11.8 Å². The molecule has 5 nitrogen and oxygen atoms in total. The van der Waals surface area contributed by atoms with Gasteiger partial charge in [0.2, 0.25) is 0 Å². The van der Waals surface area contributed by atoms with Gasteiger partial charge in [-0.1, -0.05) is 28.1 Å². The molecule has 0 N–H and O–H groups in total. The molecule has 0 saturated heterocycles. The molecule has 8 heteroatoms. The van der Waals surface area contributed by atoms with E-state index in [0.717, 1.165) is 4.47 Å². The first-order chi connectivity index (χ1) is 14.4. The number of rotatable bonds is 6. The van der Waals surface area contributed by atoms with Crippen molar-refractivity contribution in [2.24, 2.45) is 0 Å². The summed E-state index contributed by atoms with van der Waals surface area (Å²) in [5.74, 6) is 0.133. The summed E-state index contributed by atoms with van der Waals surface area (Å²) in [7, 11) is 0. The number of nitro groups is 1. The normalized spacial score (nSPS) is 11.1. The lowest BCUT2D eigenvalue weighted by atomic mass is 10.0. The minimum absolute atomic E-state index is 0.0552. The Hall–Kier alpha value is -3.02. The van der Waals surface area contributed by atoms with Crippen molar-refractivity contribution in [2.45, 2.75) is 6.61 Å². The average molecular weight is 532 g/mol. The van der Waals surface area contributed by atoms with Crippen LogP contribution in [0.3, 0.4) is 0 Å². The van der Waals surface area contributed by atoms with Crippen LogP contribution in [0.25, 0.3) is 11.6 Å². The highest BCUT2D eigenvalue weighted by Gasteiger charge is 2.13. The van der Waals surface area contributed by atoms with E-state index in [2.05, 4.69) is 37.9 Å². The van der Waals surface area contributed by atoms with E-state index in [1.54, 1.807) is 30.3 Å². The molecule has 30 heavy (non-hydrogen) atoms. The van der Waals surface area contributed by atoms with E-state index in [1.807, 2.05) is 0 Å². The van der Waals surface area contributed by atoms with Crippen molar-refractivity contribution < 1.29 is 14.1 Å². The molecule has 0 atom stereocenters. The van der Waals surface area contributed by atoms with Gasteiger partial charge < -0.3 is 4.74 Å². The van der Waals surface area contributed by atoms with Crippen LogP contribution in [-0.4, -0.2) is 4.92 Å². The molecule has 0 saturated carbocycles. The summed E-state index contributed by atoms with van der Waals surface area (Å²) in [4.78, 5) is 10.4. The van der Waals surface area contributed by atoms with Gasteiger partial charge in [-0.25, -0.2) is 4.39 Å². The van der Waals surface area contributed by atoms with Gasteiger partial charge in [0.1, 0.15) is 18.2 Å². The lowest BCUT2D eigenvalue weighted by molar-refractivity contribution is -0.384. The summed E-state index contributed by atoms with van der Waals surface area (Å²) in [6, 6.07) is 17.5. The molecule has 3 rings (SSSR count). The molecule has 0 aliphatic heterocycles. The molecule has 0 radical (unpaired) electrons. The van der Waals surface area contributed by atoms with Gasteiger partial charge >= 0.3 is 0 Å². The van der Waals surface area contributed by atoms with Crippen LogP contribution in [0, 0.1) is 27.3 Å². The topological polar surface area (TPSA) is 76.2 Å². The van der Waals surface area contributed by atoms with Crippen molar-refractivity contribution in [1.82, 2.24) is 0 Å². The Morgan fingerprint density at radius 3 is 2.53 bits per heavy atom.